The molecule has 40 heavy (non-hydrogen) atoms. The molecule has 2 aromatic rings. The number of aryl methyl sites for hydroxylation is 1. The molecular weight excluding hydrogens is 498 g/mol. The van der Waals surface area contributed by atoms with E-state index < -0.39 is 0 Å². The SMILES string of the molecule is CCCCN(CCCC)CCNC(=O)c1ccc(/C=C2/OC3CCCCC3N(Cc3cccc(C)c3)C2=O)cc1. The second kappa shape index (κ2) is 15.0. The van der Waals surface area contributed by atoms with E-state index in [0.717, 1.165) is 56.4 Å². The number of hydrogen-bond donors (Lipinski definition) is 1. The van der Waals surface area contributed by atoms with Crippen molar-refractivity contribution in [1.29, 1.82) is 0 Å². The highest BCUT2D eigenvalue weighted by Gasteiger charge is 2.41. The van der Waals surface area contributed by atoms with Gasteiger partial charge in [-0.2, -0.15) is 0 Å². The Kier molecular flexibility index (Phi) is 11.2. The number of ether oxygens (including phenoxy) is 1. The van der Waals surface area contributed by atoms with Crippen LogP contribution in [-0.2, 0) is 16.1 Å². The molecule has 1 N–H and O–H groups in total. The van der Waals surface area contributed by atoms with E-state index in [2.05, 4.69) is 55.3 Å². The number of unbranched alkanes of at least 4 members (excludes halogenated alkanes) is 2. The summed E-state index contributed by atoms with van der Waals surface area (Å²) in [4.78, 5) is 30.9. The minimum atomic E-state index is -0.0653. The lowest BCUT2D eigenvalue weighted by Gasteiger charge is -2.44. The lowest BCUT2D eigenvalue weighted by atomic mass is 9.89. The van der Waals surface area contributed by atoms with Crippen LogP contribution in [-0.4, -0.2) is 59.9 Å². The van der Waals surface area contributed by atoms with Crippen LogP contribution in [0.2, 0.25) is 0 Å². The molecule has 0 bridgehead atoms. The Morgan fingerprint density at radius 1 is 1.02 bits per heavy atom. The molecule has 2 atom stereocenters. The number of carbonyl (C=O) groups excluding carboxylic acids is 2. The lowest BCUT2D eigenvalue weighted by molar-refractivity contribution is -0.149. The largest absolute Gasteiger partial charge is 0.482 e. The maximum Gasteiger partial charge on any atom is 0.289 e. The number of rotatable bonds is 13. The average molecular weight is 546 g/mol. The van der Waals surface area contributed by atoms with Crippen LogP contribution in [0.25, 0.3) is 6.08 Å². The molecule has 216 valence electrons. The smallest absolute Gasteiger partial charge is 0.289 e. The zero-order valence-corrected chi connectivity index (χ0v) is 24.7. The van der Waals surface area contributed by atoms with Crippen LogP contribution in [0, 0.1) is 6.92 Å². The summed E-state index contributed by atoms with van der Waals surface area (Å²) in [6, 6.07) is 15.9. The minimum Gasteiger partial charge on any atom is -0.482 e. The fourth-order valence-electron chi connectivity index (χ4n) is 5.78. The summed E-state index contributed by atoms with van der Waals surface area (Å²) in [7, 11) is 0. The molecule has 1 aliphatic carbocycles. The Hall–Kier alpha value is -3.12. The van der Waals surface area contributed by atoms with Crippen molar-refractivity contribution in [3.8, 4) is 0 Å². The molecule has 2 fully saturated rings. The first kappa shape index (κ1) is 29.9. The van der Waals surface area contributed by atoms with E-state index in [1.807, 2.05) is 35.2 Å². The highest BCUT2D eigenvalue weighted by Crippen LogP contribution is 2.34. The van der Waals surface area contributed by atoms with Crippen molar-refractivity contribution in [1.82, 2.24) is 15.1 Å². The highest BCUT2D eigenvalue weighted by molar-refractivity contribution is 5.97. The van der Waals surface area contributed by atoms with E-state index in [4.69, 9.17) is 4.74 Å². The highest BCUT2D eigenvalue weighted by atomic mass is 16.5. The lowest BCUT2D eigenvalue weighted by Crippen LogP contribution is -2.54. The van der Waals surface area contributed by atoms with Crippen molar-refractivity contribution in [3.05, 3.63) is 76.5 Å². The maximum absolute atomic E-state index is 13.6. The number of carbonyl (C=O) groups is 2. The Balaban J connectivity index is 1.39. The molecule has 2 aliphatic rings. The molecule has 0 spiro atoms. The molecule has 2 aromatic carbocycles. The van der Waals surface area contributed by atoms with E-state index in [1.165, 1.54) is 31.2 Å². The van der Waals surface area contributed by atoms with E-state index in [9.17, 15) is 9.59 Å². The van der Waals surface area contributed by atoms with Crippen LogP contribution in [0.5, 0.6) is 0 Å². The Labute approximate surface area is 240 Å². The van der Waals surface area contributed by atoms with Crippen molar-refractivity contribution in [3.63, 3.8) is 0 Å². The number of morpholine rings is 1. The van der Waals surface area contributed by atoms with Crippen molar-refractivity contribution in [2.45, 2.75) is 90.8 Å². The maximum atomic E-state index is 13.6. The minimum absolute atomic E-state index is 0.0294. The van der Waals surface area contributed by atoms with Gasteiger partial charge in [0, 0.05) is 25.2 Å². The standard InChI is InChI=1S/C34H47N3O3/c1-4-6-20-36(21-7-5-2)22-19-35-33(38)29-17-15-27(16-18-29)24-32-34(39)37(25-28-12-10-11-26(3)23-28)30-13-8-9-14-31(30)40-32/h10-12,15-18,23-24,30-31H,4-9,13-14,19-22,25H2,1-3H3,(H,35,38)/b32-24+. The summed E-state index contributed by atoms with van der Waals surface area (Å²) in [5.74, 6) is 0.277. The molecule has 1 saturated carbocycles. The monoisotopic (exact) mass is 545 g/mol. The predicted octanol–water partition coefficient (Wildman–Crippen LogP) is 6.34. The molecule has 6 nitrogen and oxygen atoms in total. The number of amides is 2. The van der Waals surface area contributed by atoms with Crippen LogP contribution >= 0.6 is 0 Å². The molecule has 0 aromatic heterocycles. The molecule has 1 aliphatic heterocycles. The van der Waals surface area contributed by atoms with Crippen LogP contribution in [0.3, 0.4) is 0 Å². The first-order chi connectivity index (χ1) is 19.5. The zero-order valence-electron chi connectivity index (χ0n) is 24.7. The molecular formula is C34H47N3O3. The summed E-state index contributed by atoms with van der Waals surface area (Å²) >= 11 is 0. The molecule has 4 rings (SSSR count). The molecule has 2 amide bonds. The van der Waals surface area contributed by atoms with Gasteiger partial charge in [0.1, 0.15) is 6.10 Å². The zero-order chi connectivity index (χ0) is 28.3. The van der Waals surface area contributed by atoms with E-state index in [0.29, 0.717) is 24.4 Å². The second-order valence-corrected chi connectivity index (χ2v) is 11.4. The van der Waals surface area contributed by atoms with Gasteiger partial charge in [-0.05, 0) is 81.5 Å². The fraction of sp³-hybridized carbons (Fsp3) is 0.529. The Bertz CT molecular complexity index is 1140. The third-order valence-electron chi connectivity index (χ3n) is 8.09. The summed E-state index contributed by atoms with van der Waals surface area (Å²) in [6.45, 7) is 10.8. The van der Waals surface area contributed by atoms with Crippen LogP contribution < -0.4 is 5.32 Å². The van der Waals surface area contributed by atoms with Gasteiger partial charge in [0.2, 0.25) is 0 Å². The summed E-state index contributed by atoms with van der Waals surface area (Å²) in [5, 5.41) is 3.07. The topological polar surface area (TPSA) is 61.9 Å². The van der Waals surface area contributed by atoms with E-state index >= 15 is 0 Å². The first-order valence-corrected chi connectivity index (χ1v) is 15.3. The second-order valence-electron chi connectivity index (χ2n) is 11.4. The van der Waals surface area contributed by atoms with Crippen molar-refractivity contribution < 1.29 is 14.3 Å². The van der Waals surface area contributed by atoms with Crippen LogP contribution in [0.1, 0.15) is 92.3 Å². The molecule has 0 radical (unpaired) electrons. The van der Waals surface area contributed by atoms with Gasteiger partial charge >= 0.3 is 0 Å². The number of nitrogens with zero attached hydrogens (tertiary/aromatic N) is 2. The fourth-order valence-corrected chi connectivity index (χ4v) is 5.78. The van der Waals surface area contributed by atoms with Gasteiger partial charge in [-0.15, -0.1) is 0 Å². The summed E-state index contributed by atoms with van der Waals surface area (Å²) in [6.07, 6.45) is 10.8. The van der Waals surface area contributed by atoms with E-state index in [-0.39, 0.29) is 24.0 Å². The van der Waals surface area contributed by atoms with Crippen molar-refractivity contribution >= 4 is 17.9 Å². The average Bonchev–Trinajstić information content (AvgIpc) is 2.96. The number of nitrogens with one attached hydrogen (secondary N) is 1. The van der Waals surface area contributed by atoms with Crippen LogP contribution in [0.15, 0.2) is 54.3 Å². The van der Waals surface area contributed by atoms with Crippen molar-refractivity contribution in [2.75, 3.05) is 26.2 Å². The Morgan fingerprint density at radius 2 is 1.75 bits per heavy atom. The van der Waals surface area contributed by atoms with Crippen molar-refractivity contribution in [2.24, 2.45) is 0 Å². The molecule has 1 heterocycles. The van der Waals surface area contributed by atoms with Gasteiger partial charge in [-0.3, -0.25) is 9.59 Å². The van der Waals surface area contributed by atoms with Gasteiger partial charge in [-0.1, -0.05) is 75.1 Å². The summed E-state index contributed by atoms with van der Waals surface area (Å²) in [5.41, 5.74) is 3.83. The van der Waals surface area contributed by atoms with Gasteiger partial charge in [0.15, 0.2) is 5.76 Å². The molecule has 1 saturated heterocycles. The third-order valence-corrected chi connectivity index (χ3v) is 8.09. The summed E-state index contributed by atoms with van der Waals surface area (Å²) < 4.78 is 6.29. The van der Waals surface area contributed by atoms with Gasteiger partial charge in [-0.25, -0.2) is 0 Å². The number of hydrogen-bond acceptors (Lipinski definition) is 4. The third kappa shape index (κ3) is 8.20. The molecule has 6 heteroatoms. The van der Waals surface area contributed by atoms with Crippen LogP contribution in [0.4, 0.5) is 0 Å². The number of benzene rings is 2. The van der Waals surface area contributed by atoms with Gasteiger partial charge < -0.3 is 19.9 Å². The Morgan fingerprint density at radius 3 is 2.45 bits per heavy atom. The molecule has 2 unspecified atom stereocenters. The predicted molar refractivity (Wildman–Crippen MR) is 162 cm³/mol. The van der Waals surface area contributed by atoms with E-state index in [1.54, 1.807) is 0 Å². The van der Waals surface area contributed by atoms with Gasteiger partial charge in [0.25, 0.3) is 11.8 Å². The normalized spacial score (nSPS) is 19.9. The number of fused-ring (bicyclic) bond motifs is 1. The first-order valence-electron chi connectivity index (χ1n) is 15.3. The quantitative estimate of drug-likeness (QED) is 0.299. The van der Waals surface area contributed by atoms with Gasteiger partial charge in [0.05, 0.1) is 6.04 Å².